The second-order valence-electron chi connectivity index (χ2n) is 4.65. The van der Waals surface area contributed by atoms with Gasteiger partial charge in [-0.2, -0.15) is 0 Å². The van der Waals surface area contributed by atoms with E-state index in [0.29, 0.717) is 17.7 Å². The fraction of sp³-hybridized carbons (Fsp3) is 0.188. The molecule has 1 heterocycles. The Balaban J connectivity index is 2.00. The number of fused-ring (bicyclic) bond motifs is 1. The summed E-state index contributed by atoms with van der Waals surface area (Å²) in [5, 5.41) is 9.88. The monoisotopic (exact) mass is 270 g/mol. The first-order chi connectivity index (χ1) is 9.70. The predicted octanol–water partition coefficient (Wildman–Crippen LogP) is 2.86. The normalized spacial score (nSPS) is 16.4. The van der Waals surface area contributed by atoms with Gasteiger partial charge in [0.05, 0.1) is 7.11 Å². The van der Waals surface area contributed by atoms with E-state index in [4.69, 9.17) is 9.47 Å². The first-order valence-corrected chi connectivity index (χ1v) is 6.35. The Morgan fingerprint density at radius 1 is 1.25 bits per heavy atom. The van der Waals surface area contributed by atoms with Crippen LogP contribution in [-0.4, -0.2) is 18.2 Å². The summed E-state index contributed by atoms with van der Waals surface area (Å²) in [5.74, 6) is 0.00151. The maximum absolute atomic E-state index is 11.8. The minimum Gasteiger partial charge on any atom is -0.507 e. The van der Waals surface area contributed by atoms with E-state index in [0.717, 1.165) is 5.56 Å². The molecule has 1 atom stereocenters. The third-order valence-corrected chi connectivity index (χ3v) is 3.47. The maximum atomic E-state index is 11.8. The maximum Gasteiger partial charge on any atom is 0.342 e. The van der Waals surface area contributed by atoms with E-state index in [1.54, 1.807) is 6.07 Å². The summed E-state index contributed by atoms with van der Waals surface area (Å²) >= 11 is 0. The molecule has 1 N–H and O–H groups in total. The van der Waals surface area contributed by atoms with Gasteiger partial charge in [0.15, 0.2) is 0 Å². The summed E-state index contributed by atoms with van der Waals surface area (Å²) in [5.41, 5.74) is 1.94. The van der Waals surface area contributed by atoms with E-state index < -0.39 is 5.97 Å². The number of carbonyl (C=O) groups is 1. The van der Waals surface area contributed by atoms with Crippen molar-refractivity contribution in [2.45, 2.75) is 12.5 Å². The summed E-state index contributed by atoms with van der Waals surface area (Å²) in [4.78, 5) is 11.8. The smallest absolute Gasteiger partial charge is 0.342 e. The Kier molecular flexibility index (Phi) is 3.06. The van der Waals surface area contributed by atoms with Gasteiger partial charge in [-0.15, -0.1) is 0 Å². The summed E-state index contributed by atoms with van der Waals surface area (Å²) in [6.07, 6.45) is 0.398. The molecule has 1 unspecified atom stereocenters. The molecule has 2 aromatic carbocycles. The van der Waals surface area contributed by atoms with Crippen molar-refractivity contribution in [3.05, 3.63) is 59.2 Å². The average molecular weight is 270 g/mol. The van der Waals surface area contributed by atoms with Crippen LogP contribution in [0.3, 0.4) is 0 Å². The van der Waals surface area contributed by atoms with Crippen molar-refractivity contribution in [1.82, 2.24) is 0 Å². The zero-order valence-electron chi connectivity index (χ0n) is 11.0. The lowest BCUT2D eigenvalue weighted by Gasteiger charge is -2.10. The van der Waals surface area contributed by atoms with Gasteiger partial charge in [0.2, 0.25) is 0 Å². The molecule has 0 amide bonds. The molecule has 2 aromatic rings. The molecule has 1 aliphatic heterocycles. The minimum absolute atomic E-state index is 0.0760. The Morgan fingerprint density at radius 2 is 2.00 bits per heavy atom. The number of esters is 1. The Hall–Kier alpha value is -2.49. The molecular formula is C16H14O4. The number of aromatic hydroxyl groups is 1. The lowest BCUT2D eigenvalue weighted by Crippen LogP contribution is -2.06. The Morgan fingerprint density at radius 3 is 2.70 bits per heavy atom. The number of hydrogen-bond donors (Lipinski definition) is 1. The van der Waals surface area contributed by atoms with Gasteiger partial charge >= 0.3 is 5.97 Å². The van der Waals surface area contributed by atoms with Crippen LogP contribution in [0.25, 0.3) is 0 Å². The molecule has 4 heteroatoms. The molecule has 0 saturated heterocycles. The van der Waals surface area contributed by atoms with Gasteiger partial charge in [-0.3, -0.25) is 0 Å². The van der Waals surface area contributed by atoms with Gasteiger partial charge in [-0.25, -0.2) is 4.79 Å². The number of methoxy groups -OCH3 is 1. The molecule has 0 saturated carbocycles. The highest BCUT2D eigenvalue weighted by molar-refractivity contribution is 5.95. The van der Waals surface area contributed by atoms with Gasteiger partial charge in [-0.1, -0.05) is 30.3 Å². The third-order valence-electron chi connectivity index (χ3n) is 3.47. The van der Waals surface area contributed by atoms with Crippen LogP contribution in [0, 0.1) is 0 Å². The number of benzene rings is 2. The van der Waals surface area contributed by atoms with Crippen LogP contribution < -0.4 is 4.74 Å². The number of phenols is 1. The first kappa shape index (κ1) is 12.5. The molecule has 0 radical (unpaired) electrons. The Labute approximate surface area is 116 Å². The molecule has 0 fully saturated rings. The number of hydrogen-bond acceptors (Lipinski definition) is 4. The van der Waals surface area contributed by atoms with Gasteiger partial charge in [0, 0.05) is 12.0 Å². The zero-order valence-corrected chi connectivity index (χ0v) is 11.0. The highest BCUT2D eigenvalue weighted by Crippen LogP contribution is 2.41. The van der Waals surface area contributed by atoms with E-state index in [1.165, 1.54) is 13.2 Å². The van der Waals surface area contributed by atoms with Crippen molar-refractivity contribution < 1.29 is 19.4 Å². The highest BCUT2D eigenvalue weighted by Gasteiger charge is 2.30. The first-order valence-electron chi connectivity index (χ1n) is 6.35. The van der Waals surface area contributed by atoms with Crippen molar-refractivity contribution >= 4 is 5.97 Å². The van der Waals surface area contributed by atoms with Crippen LogP contribution in [0.4, 0.5) is 0 Å². The highest BCUT2D eigenvalue weighted by atomic mass is 16.5. The fourth-order valence-corrected chi connectivity index (χ4v) is 2.49. The molecule has 4 nitrogen and oxygen atoms in total. The van der Waals surface area contributed by atoms with Gasteiger partial charge < -0.3 is 14.6 Å². The van der Waals surface area contributed by atoms with Gasteiger partial charge in [-0.05, 0) is 17.7 Å². The van der Waals surface area contributed by atoms with Crippen molar-refractivity contribution in [2.75, 3.05) is 7.11 Å². The van der Waals surface area contributed by atoms with E-state index in [2.05, 4.69) is 0 Å². The van der Waals surface area contributed by atoms with E-state index in [-0.39, 0.29) is 17.4 Å². The van der Waals surface area contributed by atoms with Crippen molar-refractivity contribution in [3.63, 3.8) is 0 Å². The van der Waals surface area contributed by atoms with Crippen LogP contribution in [0.5, 0.6) is 11.5 Å². The van der Waals surface area contributed by atoms with Crippen LogP contribution in [0.1, 0.15) is 27.6 Å². The molecule has 0 aliphatic carbocycles. The van der Waals surface area contributed by atoms with Crippen LogP contribution in [0.2, 0.25) is 0 Å². The average Bonchev–Trinajstić information content (AvgIpc) is 2.91. The topological polar surface area (TPSA) is 55.8 Å². The number of ether oxygens (including phenoxy) is 2. The molecule has 0 aromatic heterocycles. The van der Waals surface area contributed by atoms with E-state index in [1.807, 2.05) is 30.3 Å². The molecule has 0 bridgehead atoms. The number of phenolic OH excluding ortho intramolecular Hbond substituents is 1. The molecule has 102 valence electrons. The molecule has 0 spiro atoms. The fourth-order valence-electron chi connectivity index (χ4n) is 2.49. The van der Waals surface area contributed by atoms with Gasteiger partial charge in [0.1, 0.15) is 23.2 Å². The van der Waals surface area contributed by atoms with Gasteiger partial charge in [0.25, 0.3) is 0 Å². The van der Waals surface area contributed by atoms with Crippen molar-refractivity contribution in [3.8, 4) is 11.5 Å². The molecule has 20 heavy (non-hydrogen) atoms. The van der Waals surface area contributed by atoms with E-state index >= 15 is 0 Å². The second kappa shape index (κ2) is 4.89. The number of rotatable bonds is 2. The summed E-state index contributed by atoms with van der Waals surface area (Å²) in [6, 6.07) is 12.9. The van der Waals surface area contributed by atoms with E-state index in [9.17, 15) is 9.90 Å². The summed E-state index contributed by atoms with van der Waals surface area (Å²) in [6.45, 7) is 0. The number of carbonyl (C=O) groups excluding carboxylic acids is 1. The van der Waals surface area contributed by atoms with Crippen LogP contribution in [-0.2, 0) is 11.2 Å². The quantitative estimate of drug-likeness (QED) is 0.852. The SMILES string of the molecule is COC(=O)c1c(O)ccc2c1CC(c1ccccc1)O2. The zero-order chi connectivity index (χ0) is 14.1. The minimum atomic E-state index is -0.545. The predicted molar refractivity (Wildman–Crippen MR) is 73.0 cm³/mol. The van der Waals surface area contributed by atoms with Crippen LogP contribution >= 0.6 is 0 Å². The molecule has 1 aliphatic rings. The lowest BCUT2D eigenvalue weighted by molar-refractivity contribution is 0.0596. The third kappa shape index (κ3) is 1.99. The summed E-state index contributed by atoms with van der Waals surface area (Å²) in [7, 11) is 1.30. The Bertz CT molecular complexity index is 649. The lowest BCUT2D eigenvalue weighted by atomic mass is 9.99. The second-order valence-corrected chi connectivity index (χ2v) is 4.65. The van der Waals surface area contributed by atoms with Crippen molar-refractivity contribution in [2.24, 2.45) is 0 Å². The van der Waals surface area contributed by atoms with Crippen molar-refractivity contribution in [1.29, 1.82) is 0 Å². The molecule has 3 rings (SSSR count). The standard InChI is InChI=1S/C16H14O4/c1-19-16(18)15-11-9-14(10-5-3-2-4-6-10)20-13(11)8-7-12(15)17/h2-8,14,17H,9H2,1H3. The molecular weight excluding hydrogens is 256 g/mol. The largest absolute Gasteiger partial charge is 0.507 e. The summed E-state index contributed by atoms with van der Waals surface area (Å²) < 4.78 is 10.6. The van der Waals surface area contributed by atoms with Crippen LogP contribution in [0.15, 0.2) is 42.5 Å².